The van der Waals surface area contributed by atoms with Crippen LogP contribution >= 0.6 is 0 Å². The number of halogens is 2. The second-order valence-electron chi connectivity index (χ2n) is 6.86. The molecule has 2 unspecified atom stereocenters. The van der Waals surface area contributed by atoms with E-state index in [0.717, 1.165) is 5.92 Å². The normalized spacial score (nSPS) is 53.1. The van der Waals surface area contributed by atoms with E-state index in [1.54, 1.807) is 0 Å². The highest BCUT2D eigenvalue weighted by Gasteiger charge is 2.64. The molecule has 4 saturated carbocycles. The molecule has 2 nitrogen and oxygen atoms in total. The fourth-order valence-electron chi connectivity index (χ4n) is 5.45. The van der Waals surface area contributed by atoms with Gasteiger partial charge in [0.15, 0.2) is 0 Å². The zero-order valence-electron chi connectivity index (χ0n) is 10.2. The number of hydrogen-bond donors (Lipinski definition) is 2. The van der Waals surface area contributed by atoms with Crippen molar-refractivity contribution in [3.63, 3.8) is 0 Å². The van der Waals surface area contributed by atoms with Crippen molar-refractivity contribution >= 4 is 0 Å². The Morgan fingerprint density at radius 2 is 1.44 bits per heavy atom. The van der Waals surface area contributed by atoms with Gasteiger partial charge in [-0.15, -0.1) is 0 Å². The van der Waals surface area contributed by atoms with Gasteiger partial charge in [-0.05, 0) is 24.2 Å². The Balaban J connectivity index is 0.000000640. The molecule has 0 saturated heterocycles. The van der Waals surface area contributed by atoms with Crippen LogP contribution in [0.4, 0.5) is 0 Å². The van der Waals surface area contributed by atoms with Crippen molar-refractivity contribution in [1.29, 1.82) is 0 Å². The smallest absolute Gasteiger partial charge is 0.101 e. The predicted molar refractivity (Wildman–Crippen MR) is 55.2 cm³/mol. The van der Waals surface area contributed by atoms with Crippen LogP contribution in [0.2, 0.25) is 0 Å². The van der Waals surface area contributed by atoms with Gasteiger partial charge >= 0.3 is 0 Å². The van der Waals surface area contributed by atoms with E-state index >= 15 is 0 Å². The van der Waals surface area contributed by atoms with Crippen molar-refractivity contribution in [2.75, 3.05) is 0 Å². The quantitative estimate of drug-likeness (QED) is 0.476. The molecular formula is C12H24Cl2N2. The van der Waals surface area contributed by atoms with E-state index in [1.807, 2.05) is 0 Å². The average molecular weight is 267 g/mol. The largest absolute Gasteiger partial charge is 1.00 e. The summed E-state index contributed by atoms with van der Waals surface area (Å²) in [6.07, 6.45) is 9.72. The molecule has 96 valence electrons. The van der Waals surface area contributed by atoms with E-state index < -0.39 is 0 Å². The average Bonchev–Trinajstić information content (AvgIpc) is 1.97. The van der Waals surface area contributed by atoms with Crippen molar-refractivity contribution < 1.29 is 36.3 Å². The van der Waals surface area contributed by atoms with Crippen LogP contribution in [0.3, 0.4) is 0 Å². The van der Waals surface area contributed by atoms with Gasteiger partial charge in [0.25, 0.3) is 0 Å². The molecule has 0 amide bonds. The number of quaternary nitrogens is 2. The first kappa shape index (κ1) is 14.6. The minimum absolute atomic E-state index is 0. The summed E-state index contributed by atoms with van der Waals surface area (Å²) in [6, 6.07) is 0. The molecule has 0 spiro atoms. The summed E-state index contributed by atoms with van der Waals surface area (Å²) in [5, 5.41) is 0. The van der Waals surface area contributed by atoms with E-state index in [4.69, 9.17) is 0 Å². The minimum atomic E-state index is 0. The van der Waals surface area contributed by atoms with Gasteiger partial charge in [0.05, 0.1) is 6.42 Å². The monoisotopic (exact) mass is 266 g/mol. The van der Waals surface area contributed by atoms with Crippen LogP contribution in [-0.4, -0.2) is 11.1 Å². The molecule has 0 radical (unpaired) electrons. The van der Waals surface area contributed by atoms with E-state index in [0.29, 0.717) is 16.5 Å². The Kier molecular flexibility index (Phi) is 3.65. The molecule has 4 bridgehead atoms. The maximum atomic E-state index is 4.53. The summed E-state index contributed by atoms with van der Waals surface area (Å²) >= 11 is 0. The van der Waals surface area contributed by atoms with Crippen LogP contribution in [-0.2, 0) is 0 Å². The van der Waals surface area contributed by atoms with Gasteiger partial charge < -0.3 is 36.3 Å². The zero-order valence-corrected chi connectivity index (χ0v) is 11.7. The van der Waals surface area contributed by atoms with Gasteiger partial charge in [0.2, 0.25) is 0 Å². The lowest BCUT2D eigenvalue weighted by molar-refractivity contribution is -0.576. The maximum Gasteiger partial charge on any atom is 0.101 e. The van der Waals surface area contributed by atoms with Crippen molar-refractivity contribution in [2.45, 2.75) is 62.9 Å². The SMILES string of the molecule is CCC12CC3CC([NH3+])(CC([NH3+])(C3)C1)C2.[Cl-].[Cl-]. The second-order valence-corrected chi connectivity index (χ2v) is 6.86. The Morgan fingerprint density at radius 1 is 0.938 bits per heavy atom. The van der Waals surface area contributed by atoms with Gasteiger partial charge in [-0.3, -0.25) is 0 Å². The van der Waals surface area contributed by atoms with Gasteiger partial charge in [0.1, 0.15) is 11.1 Å². The molecule has 0 aromatic carbocycles. The highest BCUT2D eigenvalue weighted by atomic mass is 35.5. The first-order valence-corrected chi connectivity index (χ1v) is 6.17. The highest BCUT2D eigenvalue weighted by molar-refractivity contribution is 5.12. The molecule has 4 heteroatoms. The molecule has 0 aromatic heterocycles. The van der Waals surface area contributed by atoms with Crippen LogP contribution in [0.1, 0.15) is 51.9 Å². The van der Waals surface area contributed by atoms with Crippen molar-refractivity contribution in [1.82, 2.24) is 0 Å². The summed E-state index contributed by atoms with van der Waals surface area (Å²) in [5.41, 5.74) is 10.5. The highest BCUT2D eigenvalue weighted by Crippen LogP contribution is 2.61. The molecule has 0 aliphatic heterocycles. The summed E-state index contributed by atoms with van der Waals surface area (Å²) in [6.45, 7) is 2.37. The van der Waals surface area contributed by atoms with Crippen molar-refractivity contribution in [3.8, 4) is 0 Å². The molecule has 4 aliphatic carbocycles. The van der Waals surface area contributed by atoms with Gasteiger partial charge in [-0.1, -0.05) is 6.92 Å². The molecule has 0 aromatic rings. The molecule has 4 rings (SSSR count). The van der Waals surface area contributed by atoms with Gasteiger partial charge in [0, 0.05) is 25.7 Å². The molecular weight excluding hydrogens is 243 g/mol. The zero-order chi connectivity index (χ0) is 10.0. The fraction of sp³-hybridized carbons (Fsp3) is 1.00. The third-order valence-corrected chi connectivity index (χ3v) is 5.17. The third-order valence-electron chi connectivity index (χ3n) is 5.17. The van der Waals surface area contributed by atoms with Crippen LogP contribution in [0.15, 0.2) is 0 Å². The first-order valence-electron chi connectivity index (χ1n) is 6.17. The van der Waals surface area contributed by atoms with Crippen LogP contribution in [0.25, 0.3) is 0 Å². The van der Waals surface area contributed by atoms with Crippen molar-refractivity contribution in [3.05, 3.63) is 0 Å². The molecule has 16 heavy (non-hydrogen) atoms. The topological polar surface area (TPSA) is 55.3 Å². The predicted octanol–water partition coefficient (Wildman–Crippen LogP) is -5.65. The molecule has 4 aliphatic rings. The van der Waals surface area contributed by atoms with E-state index in [1.165, 1.54) is 44.9 Å². The number of hydrogen-bond acceptors (Lipinski definition) is 0. The Labute approximate surface area is 111 Å². The van der Waals surface area contributed by atoms with Crippen LogP contribution in [0, 0.1) is 11.3 Å². The summed E-state index contributed by atoms with van der Waals surface area (Å²) < 4.78 is 0. The van der Waals surface area contributed by atoms with Crippen LogP contribution < -0.4 is 36.3 Å². The lowest BCUT2D eigenvalue weighted by Gasteiger charge is -2.61. The van der Waals surface area contributed by atoms with Gasteiger partial charge in [-0.2, -0.15) is 0 Å². The van der Waals surface area contributed by atoms with Gasteiger partial charge in [-0.25, -0.2) is 0 Å². The summed E-state index contributed by atoms with van der Waals surface area (Å²) in [4.78, 5) is 0. The van der Waals surface area contributed by atoms with Crippen molar-refractivity contribution in [2.24, 2.45) is 11.3 Å². The van der Waals surface area contributed by atoms with Crippen LogP contribution in [0.5, 0.6) is 0 Å². The third kappa shape index (κ3) is 1.98. The maximum absolute atomic E-state index is 4.53. The van der Waals surface area contributed by atoms with E-state index in [-0.39, 0.29) is 24.8 Å². The standard InChI is InChI=1S/C12H22N2.2ClH/c1-2-10-3-9-4-11(13,6-10)8-12(14,5-9)7-10;;/h9H,2-8,13-14H2,1H3;2*1H. The lowest BCUT2D eigenvalue weighted by atomic mass is 9.44. The number of rotatable bonds is 1. The molecule has 6 N–H and O–H groups in total. The second kappa shape index (κ2) is 4.01. The summed E-state index contributed by atoms with van der Waals surface area (Å²) in [5.74, 6) is 0.959. The lowest BCUT2D eigenvalue weighted by Crippen LogP contribution is -3.00. The van der Waals surface area contributed by atoms with E-state index in [2.05, 4.69) is 18.4 Å². The fourth-order valence-corrected chi connectivity index (χ4v) is 5.45. The molecule has 4 fully saturated rings. The Morgan fingerprint density at radius 3 is 1.81 bits per heavy atom. The van der Waals surface area contributed by atoms with E-state index in [9.17, 15) is 0 Å². The molecule has 0 heterocycles. The Bertz CT molecular complexity index is 264. The molecule has 2 atom stereocenters. The summed E-state index contributed by atoms with van der Waals surface area (Å²) in [7, 11) is 0. The Hall–Kier alpha value is 0.500. The first-order chi connectivity index (χ1) is 6.47. The minimum Gasteiger partial charge on any atom is -1.00 e.